The number of ether oxygens (including phenoxy) is 2. The molecule has 2 aromatic heterocycles. The molecule has 3 heterocycles. The minimum atomic E-state index is -0.760. The topological polar surface area (TPSA) is 64.8 Å². The lowest BCUT2D eigenvalue weighted by molar-refractivity contribution is 0.0203. The summed E-state index contributed by atoms with van der Waals surface area (Å²) in [5.41, 5.74) is 0.724. The molecule has 1 saturated heterocycles. The molecule has 0 spiro atoms. The van der Waals surface area contributed by atoms with E-state index in [4.69, 9.17) is 25.5 Å². The van der Waals surface area contributed by atoms with Crippen LogP contribution >= 0.6 is 11.6 Å². The number of carbonyl (C=O) groups is 1. The van der Waals surface area contributed by atoms with Crippen molar-refractivity contribution in [2.24, 2.45) is 0 Å². The monoisotopic (exact) mass is 478 g/mol. The quantitative estimate of drug-likeness (QED) is 0.431. The molecule has 6 nitrogen and oxygen atoms in total. The fraction of sp³-hybridized carbons (Fsp3) is 0.417. The molecule has 0 radical (unpaired) electrons. The molecule has 0 N–H and O–H groups in total. The number of fused-ring (bicyclic) bond motifs is 1. The Morgan fingerprint density at radius 3 is 2.67 bits per heavy atom. The highest BCUT2D eigenvalue weighted by atomic mass is 35.5. The van der Waals surface area contributed by atoms with Crippen molar-refractivity contribution in [1.82, 2.24) is 9.88 Å². The number of carbonyl (C=O) groups excluding carboxylic acids is 1. The number of aromatic nitrogens is 1. The SMILES string of the molecule is CC(C)(C)OC(=O)N1CCC(c2nccc(F)c2OCc2ccc(Cl)c3cc(F)oc23)CC1. The molecule has 1 aromatic carbocycles. The molecule has 3 aromatic rings. The van der Waals surface area contributed by atoms with Gasteiger partial charge in [0.15, 0.2) is 11.6 Å². The van der Waals surface area contributed by atoms with Gasteiger partial charge in [-0.05, 0) is 45.7 Å². The maximum absolute atomic E-state index is 14.7. The predicted molar refractivity (Wildman–Crippen MR) is 119 cm³/mol. The van der Waals surface area contributed by atoms with Gasteiger partial charge in [-0.25, -0.2) is 9.18 Å². The van der Waals surface area contributed by atoms with Crippen LogP contribution < -0.4 is 4.74 Å². The predicted octanol–water partition coefficient (Wildman–Crippen LogP) is 6.45. The first kappa shape index (κ1) is 23.3. The number of hydrogen-bond acceptors (Lipinski definition) is 5. The fourth-order valence-electron chi connectivity index (χ4n) is 3.92. The number of nitrogens with zero attached hydrogens (tertiary/aromatic N) is 2. The van der Waals surface area contributed by atoms with Crippen LogP contribution in [0, 0.1) is 11.8 Å². The first-order chi connectivity index (χ1) is 15.6. The van der Waals surface area contributed by atoms with Gasteiger partial charge in [-0.15, -0.1) is 0 Å². The normalized spacial score (nSPS) is 15.2. The molecule has 1 amide bonds. The highest BCUT2D eigenvalue weighted by Crippen LogP contribution is 2.36. The van der Waals surface area contributed by atoms with Crippen LogP contribution in [-0.2, 0) is 11.3 Å². The van der Waals surface area contributed by atoms with Crippen LogP contribution in [0.4, 0.5) is 13.6 Å². The summed E-state index contributed by atoms with van der Waals surface area (Å²) in [5, 5.41) is 0.781. The Hall–Kier alpha value is -2.87. The Labute approximate surface area is 195 Å². The van der Waals surface area contributed by atoms with Gasteiger partial charge in [-0.3, -0.25) is 4.98 Å². The van der Waals surface area contributed by atoms with Gasteiger partial charge in [0.1, 0.15) is 17.8 Å². The third kappa shape index (κ3) is 5.21. The van der Waals surface area contributed by atoms with Crippen LogP contribution in [0.3, 0.4) is 0 Å². The largest absolute Gasteiger partial charge is 0.484 e. The van der Waals surface area contributed by atoms with Gasteiger partial charge < -0.3 is 18.8 Å². The van der Waals surface area contributed by atoms with E-state index in [1.165, 1.54) is 18.3 Å². The zero-order valence-electron chi connectivity index (χ0n) is 18.7. The molecule has 0 saturated carbocycles. The van der Waals surface area contributed by atoms with Crippen molar-refractivity contribution in [3.8, 4) is 5.75 Å². The number of likely N-dealkylation sites (tertiary alicyclic amines) is 1. The Morgan fingerprint density at radius 1 is 1.24 bits per heavy atom. The van der Waals surface area contributed by atoms with Gasteiger partial charge in [-0.2, -0.15) is 4.39 Å². The lowest BCUT2D eigenvalue weighted by Crippen LogP contribution is -2.41. The summed E-state index contributed by atoms with van der Waals surface area (Å²) in [6.07, 6.45) is 2.24. The van der Waals surface area contributed by atoms with E-state index >= 15 is 0 Å². The van der Waals surface area contributed by atoms with Gasteiger partial charge in [0.2, 0.25) is 0 Å². The summed E-state index contributed by atoms with van der Waals surface area (Å²) in [6.45, 7) is 6.37. The number of halogens is 3. The molecule has 4 rings (SSSR count). The molecule has 1 aliphatic heterocycles. The summed E-state index contributed by atoms with van der Waals surface area (Å²) >= 11 is 6.11. The van der Waals surface area contributed by atoms with Crippen LogP contribution in [0.5, 0.6) is 5.75 Å². The Bertz CT molecular complexity index is 1170. The molecule has 9 heteroatoms. The number of benzene rings is 1. The minimum absolute atomic E-state index is 0.0448. The van der Waals surface area contributed by atoms with E-state index in [1.807, 2.05) is 20.8 Å². The second-order valence-electron chi connectivity index (χ2n) is 9.04. The van der Waals surface area contributed by atoms with Crippen molar-refractivity contribution in [2.75, 3.05) is 13.1 Å². The van der Waals surface area contributed by atoms with E-state index in [-0.39, 0.29) is 30.0 Å². The highest BCUT2D eigenvalue weighted by molar-refractivity contribution is 6.35. The van der Waals surface area contributed by atoms with Gasteiger partial charge in [0, 0.05) is 42.2 Å². The lowest BCUT2D eigenvalue weighted by Gasteiger charge is -2.33. The number of pyridine rings is 1. The van der Waals surface area contributed by atoms with E-state index in [0.29, 0.717) is 47.6 Å². The fourth-order valence-corrected chi connectivity index (χ4v) is 4.12. The van der Waals surface area contributed by atoms with Gasteiger partial charge in [0.05, 0.1) is 10.7 Å². The molecule has 0 unspecified atom stereocenters. The van der Waals surface area contributed by atoms with Crippen molar-refractivity contribution in [2.45, 2.75) is 51.7 Å². The first-order valence-corrected chi connectivity index (χ1v) is 11.1. The van der Waals surface area contributed by atoms with Crippen molar-refractivity contribution in [1.29, 1.82) is 0 Å². The third-order valence-corrected chi connectivity index (χ3v) is 5.80. The average Bonchev–Trinajstić information content (AvgIpc) is 3.15. The summed E-state index contributed by atoms with van der Waals surface area (Å²) in [6, 6.07) is 4.95. The van der Waals surface area contributed by atoms with Crippen LogP contribution in [0.2, 0.25) is 5.02 Å². The number of piperidine rings is 1. The standard InChI is InChI=1S/C24H25ClF2N2O4/c1-24(2,3)33-23(30)29-10-7-14(8-11-29)20-22(18(26)6-9-28-20)31-13-15-4-5-17(25)16-12-19(27)32-21(15)16/h4-6,9,12,14H,7-8,10-11,13H2,1-3H3. The van der Waals surface area contributed by atoms with Gasteiger partial charge in [0.25, 0.3) is 6.01 Å². The summed E-state index contributed by atoms with van der Waals surface area (Å²) in [7, 11) is 0. The third-order valence-electron chi connectivity index (χ3n) is 5.47. The number of furan rings is 1. The molecule has 0 atom stereocenters. The minimum Gasteiger partial charge on any atom is -0.484 e. The Kier molecular flexibility index (Phi) is 6.47. The molecular formula is C24H25ClF2N2O4. The summed E-state index contributed by atoms with van der Waals surface area (Å²) in [4.78, 5) is 18.4. The lowest BCUT2D eigenvalue weighted by atomic mass is 9.92. The van der Waals surface area contributed by atoms with Gasteiger partial charge >= 0.3 is 6.09 Å². The zero-order chi connectivity index (χ0) is 23.8. The van der Waals surface area contributed by atoms with Crippen molar-refractivity contribution in [3.05, 3.63) is 58.6 Å². The first-order valence-electron chi connectivity index (χ1n) is 10.7. The Morgan fingerprint density at radius 2 is 1.97 bits per heavy atom. The molecule has 176 valence electrons. The maximum Gasteiger partial charge on any atom is 0.410 e. The van der Waals surface area contributed by atoms with Crippen LogP contribution in [0.25, 0.3) is 11.0 Å². The number of hydrogen-bond donors (Lipinski definition) is 0. The van der Waals surface area contributed by atoms with Crippen molar-refractivity contribution >= 4 is 28.7 Å². The summed E-state index contributed by atoms with van der Waals surface area (Å²) < 4.78 is 44.7. The second kappa shape index (κ2) is 9.17. The molecule has 0 bridgehead atoms. The molecule has 0 aliphatic carbocycles. The second-order valence-corrected chi connectivity index (χ2v) is 9.44. The molecular weight excluding hydrogens is 454 g/mol. The Balaban J connectivity index is 1.49. The molecule has 1 aliphatic rings. The van der Waals surface area contributed by atoms with E-state index in [1.54, 1.807) is 17.0 Å². The maximum atomic E-state index is 14.7. The molecule has 33 heavy (non-hydrogen) atoms. The summed E-state index contributed by atoms with van der Waals surface area (Å²) in [5.74, 6) is -0.575. The van der Waals surface area contributed by atoms with E-state index in [2.05, 4.69) is 4.98 Å². The number of rotatable bonds is 4. The van der Waals surface area contributed by atoms with E-state index in [9.17, 15) is 13.6 Å². The van der Waals surface area contributed by atoms with Crippen LogP contribution in [0.15, 0.2) is 34.9 Å². The smallest absolute Gasteiger partial charge is 0.410 e. The van der Waals surface area contributed by atoms with E-state index < -0.39 is 17.4 Å². The average molecular weight is 479 g/mol. The van der Waals surface area contributed by atoms with Crippen molar-refractivity contribution in [3.63, 3.8) is 0 Å². The van der Waals surface area contributed by atoms with Crippen LogP contribution in [0.1, 0.15) is 50.8 Å². The van der Waals surface area contributed by atoms with Crippen LogP contribution in [-0.4, -0.2) is 34.7 Å². The van der Waals surface area contributed by atoms with Crippen molar-refractivity contribution < 1.29 is 27.5 Å². The molecule has 1 fully saturated rings. The highest BCUT2D eigenvalue weighted by Gasteiger charge is 2.30. The van der Waals surface area contributed by atoms with Gasteiger partial charge in [-0.1, -0.05) is 17.7 Å². The zero-order valence-corrected chi connectivity index (χ0v) is 19.4. The van der Waals surface area contributed by atoms with E-state index in [0.717, 1.165) is 0 Å². The number of amides is 1.